The Morgan fingerprint density at radius 1 is 1.13 bits per heavy atom. The largest absolute Gasteiger partial charge is 0.328 e. The summed E-state index contributed by atoms with van der Waals surface area (Å²) in [5.41, 5.74) is 1.62. The smallest absolute Gasteiger partial charge is 0.270 e. The van der Waals surface area contributed by atoms with Crippen LogP contribution in [-0.2, 0) is 9.59 Å². The molecule has 2 aliphatic heterocycles. The Hall–Kier alpha value is -2.21. The molecule has 0 aliphatic carbocycles. The lowest BCUT2D eigenvalue weighted by molar-refractivity contribution is -0.131. The van der Waals surface area contributed by atoms with Crippen molar-refractivity contribution in [3.05, 3.63) is 35.9 Å². The lowest BCUT2D eigenvalue weighted by Gasteiger charge is -2.40. The van der Waals surface area contributed by atoms with Crippen LogP contribution in [0.3, 0.4) is 0 Å². The quantitative estimate of drug-likeness (QED) is 0.822. The molecule has 1 unspecified atom stereocenters. The summed E-state index contributed by atoms with van der Waals surface area (Å²) < 4.78 is 0. The maximum atomic E-state index is 12.9. The van der Waals surface area contributed by atoms with Crippen LogP contribution < -0.4 is 0 Å². The first kappa shape index (κ1) is 15.7. The molecular formula is C17H22N4O2. The number of amides is 2. The second-order valence-electron chi connectivity index (χ2n) is 6.15. The highest BCUT2D eigenvalue weighted by Crippen LogP contribution is 2.26. The van der Waals surface area contributed by atoms with Gasteiger partial charge in [-0.05, 0) is 12.6 Å². The molecule has 0 radical (unpaired) electrons. The molecule has 2 amide bonds. The lowest BCUT2D eigenvalue weighted by atomic mass is 10.0. The molecule has 1 saturated heterocycles. The predicted molar refractivity (Wildman–Crippen MR) is 87.8 cm³/mol. The molecule has 122 valence electrons. The van der Waals surface area contributed by atoms with Crippen LogP contribution in [0, 0.1) is 0 Å². The van der Waals surface area contributed by atoms with Crippen molar-refractivity contribution in [1.29, 1.82) is 0 Å². The van der Waals surface area contributed by atoms with Crippen LogP contribution in [-0.4, -0.2) is 66.1 Å². The van der Waals surface area contributed by atoms with E-state index in [0.29, 0.717) is 25.1 Å². The highest BCUT2D eigenvalue weighted by atomic mass is 16.2. The monoisotopic (exact) mass is 314 g/mol. The zero-order valence-corrected chi connectivity index (χ0v) is 13.6. The predicted octanol–water partition coefficient (Wildman–Crippen LogP) is 1.11. The topological polar surface area (TPSA) is 56.2 Å². The third kappa shape index (κ3) is 3.27. The zero-order chi connectivity index (χ0) is 16.4. The van der Waals surface area contributed by atoms with Gasteiger partial charge in [0, 0.05) is 39.5 Å². The van der Waals surface area contributed by atoms with Gasteiger partial charge in [-0.3, -0.25) is 9.59 Å². The van der Waals surface area contributed by atoms with Crippen molar-refractivity contribution in [2.45, 2.75) is 18.9 Å². The molecule has 0 spiro atoms. The van der Waals surface area contributed by atoms with Crippen molar-refractivity contribution in [2.75, 3.05) is 33.7 Å². The fourth-order valence-electron chi connectivity index (χ4n) is 3.11. The molecule has 2 aliphatic rings. The Morgan fingerprint density at radius 2 is 1.87 bits per heavy atom. The average Bonchev–Trinajstić information content (AvgIpc) is 2.57. The molecule has 1 aromatic rings. The van der Waals surface area contributed by atoms with Crippen LogP contribution in [0.2, 0.25) is 0 Å². The van der Waals surface area contributed by atoms with Crippen molar-refractivity contribution < 1.29 is 9.59 Å². The van der Waals surface area contributed by atoms with Gasteiger partial charge < -0.3 is 9.80 Å². The molecule has 6 heteroatoms. The Bertz CT molecular complexity index is 629. The minimum absolute atomic E-state index is 0.0214. The van der Waals surface area contributed by atoms with E-state index in [0.717, 1.165) is 18.7 Å². The summed E-state index contributed by atoms with van der Waals surface area (Å²) in [4.78, 5) is 28.6. The van der Waals surface area contributed by atoms with Crippen LogP contribution in [0.4, 0.5) is 0 Å². The van der Waals surface area contributed by atoms with Crippen molar-refractivity contribution in [2.24, 2.45) is 5.10 Å². The molecule has 0 bridgehead atoms. The van der Waals surface area contributed by atoms with Gasteiger partial charge in [0.05, 0.1) is 6.04 Å². The summed E-state index contributed by atoms with van der Waals surface area (Å²) in [7, 11) is 3.68. The first-order chi connectivity index (χ1) is 11.1. The van der Waals surface area contributed by atoms with E-state index >= 15 is 0 Å². The SMILES string of the molecule is CN1CCN(C(=O)C2=NN(C)C(=O)CC2)C(c2ccccc2)C1. The van der Waals surface area contributed by atoms with Gasteiger partial charge >= 0.3 is 0 Å². The first-order valence-electron chi connectivity index (χ1n) is 7.95. The van der Waals surface area contributed by atoms with Crippen molar-refractivity contribution in [3.8, 4) is 0 Å². The number of hydrogen-bond acceptors (Lipinski definition) is 4. The highest BCUT2D eigenvalue weighted by Gasteiger charge is 2.34. The van der Waals surface area contributed by atoms with Gasteiger partial charge in [-0.15, -0.1) is 0 Å². The number of benzene rings is 1. The fourth-order valence-corrected chi connectivity index (χ4v) is 3.11. The standard InChI is InChI=1S/C17H22N4O2/c1-19-10-11-21(15(12-19)13-6-4-3-5-7-13)17(23)14-8-9-16(22)20(2)18-14/h3-7,15H,8-12H2,1-2H3. The van der Waals surface area contributed by atoms with E-state index in [-0.39, 0.29) is 17.9 Å². The molecule has 1 fully saturated rings. The Kier molecular flexibility index (Phi) is 4.43. The second kappa shape index (κ2) is 6.50. The maximum absolute atomic E-state index is 12.9. The molecule has 6 nitrogen and oxygen atoms in total. The second-order valence-corrected chi connectivity index (χ2v) is 6.15. The van der Waals surface area contributed by atoms with E-state index in [1.54, 1.807) is 7.05 Å². The van der Waals surface area contributed by atoms with E-state index in [4.69, 9.17) is 0 Å². The number of rotatable bonds is 2. The van der Waals surface area contributed by atoms with Crippen molar-refractivity contribution in [1.82, 2.24) is 14.8 Å². The zero-order valence-electron chi connectivity index (χ0n) is 13.6. The number of likely N-dealkylation sites (N-methyl/N-ethyl adjacent to an activating group) is 1. The molecule has 3 rings (SSSR count). The van der Waals surface area contributed by atoms with Crippen molar-refractivity contribution >= 4 is 17.5 Å². The first-order valence-corrected chi connectivity index (χ1v) is 7.95. The van der Waals surface area contributed by atoms with Crippen LogP contribution >= 0.6 is 0 Å². The van der Waals surface area contributed by atoms with E-state index < -0.39 is 0 Å². The minimum Gasteiger partial charge on any atom is -0.328 e. The molecular weight excluding hydrogens is 292 g/mol. The molecule has 0 saturated carbocycles. The lowest BCUT2D eigenvalue weighted by Crippen LogP contribution is -2.52. The summed E-state index contributed by atoms with van der Waals surface area (Å²) >= 11 is 0. The van der Waals surface area contributed by atoms with Crippen LogP contribution in [0.5, 0.6) is 0 Å². The third-order valence-corrected chi connectivity index (χ3v) is 4.48. The Morgan fingerprint density at radius 3 is 2.57 bits per heavy atom. The molecule has 1 atom stereocenters. The summed E-state index contributed by atoms with van der Waals surface area (Å²) in [5.74, 6) is -0.0918. The number of hydrogen-bond donors (Lipinski definition) is 0. The van der Waals surface area contributed by atoms with E-state index in [1.165, 1.54) is 5.01 Å². The molecule has 0 aromatic heterocycles. The number of piperazine rings is 1. The van der Waals surface area contributed by atoms with Crippen LogP contribution in [0.25, 0.3) is 0 Å². The minimum atomic E-state index is -0.0497. The number of carbonyl (C=O) groups excluding carboxylic acids is 2. The van der Waals surface area contributed by atoms with E-state index in [9.17, 15) is 9.59 Å². The van der Waals surface area contributed by atoms with E-state index in [2.05, 4.69) is 29.2 Å². The van der Waals surface area contributed by atoms with Gasteiger partial charge in [0.25, 0.3) is 5.91 Å². The molecule has 0 N–H and O–H groups in total. The van der Waals surface area contributed by atoms with E-state index in [1.807, 2.05) is 23.1 Å². The van der Waals surface area contributed by atoms with Gasteiger partial charge in [-0.2, -0.15) is 5.10 Å². The third-order valence-electron chi connectivity index (χ3n) is 4.48. The van der Waals surface area contributed by atoms with Gasteiger partial charge in [-0.25, -0.2) is 5.01 Å². The summed E-state index contributed by atoms with van der Waals surface area (Å²) in [6.07, 6.45) is 0.778. The molecule has 23 heavy (non-hydrogen) atoms. The Labute approximate surface area is 136 Å². The maximum Gasteiger partial charge on any atom is 0.270 e. The fraction of sp³-hybridized carbons (Fsp3) is 0.471. The van der Waals surface area contributed by atoms with Gasteiger partial charge in [-0.1, -0.05) is 30.3 Å². The van der Waals surface area contributed by atoms with Gasteiger partial charge in [0.2, 0.25) is 5.91 Å². The van der Waals surface area contributed by atoms with Gasteiger partial charge in [0.15, 0.2) is 0 Å². The number of carbonyl (C=O) groups is 2. The summed E-state index contributed by atoms with van der Waals surface area (Å²) in [6.45, 7) is 2.32. The average molecular weight is 314 g/mol. The van der Waals surface area contributed by atoms with Crippen LogP contribution in [0.15, 0.2) is 35.4 Å². The number of hydrazone groups is 1. The van der Waals surface area contributed by atoms with Crippen LogP contribution in [0.1, 0.15) is 24.4 Å². The molecule has 2 heterocycles. The number of nitrogens with zero attached hydrogens (tertiary/aromatic N) is 4. The normalized spacial score (nSPS) is 23.0. The summed E-state index contributed by atoms with van der Waals surface area (Å²) in [5, 5.41) is 5.46. The summed E-state index contributed by atoms with van der Waals surface area (Å²) in [6, 6.07) is 10.1. The highest BCUT2D eigenvalue weighted by molar-refractivity contribution is 6.39. The van der Waals surface area contributed by atoms with Crippen molar-refractivity contribution in [3.63, 3.8) is 0 Å². The van der Waals surface area contributed by atoms with Gasteiger partial charge in [0.1, 0.15) is 5.71 Å². The molecule has 1 aromatic carbocycles. The Balaban J connectivity index is 1.85.